The molecule has 0 aromatic heterocycles. The van der Waals surface area contributed by atoms with Crippen LogP contribution < -0.4 is 5.32 Å². The van der Waals surface area contributed by atoms with E-state index in [1.165, 1.54) is 6.07 Å². The SMILES string of the molecule is CNC(Cc1ccc(F)c(Cl)c1)C1CCCO1. The Bertz CT molecular complexity index is 380. The van der Waals surface area contributed by atoms with E-state index in [2.05, 4.69) is 5.32 Å². The zero-order chi connectivity index (χ0) is 12.3. The Labute approximate surface area is 106 Å². The molecule has 0 saturated carbocycles. The molecule has 1 saturated heterocycles. The Morgan fingerprint density at radius 2 is 2.41 bits per heavy atom. The largest absolute Gasteiger partial charge is 0.377 e. The molecule has 1 heterocycles. The van der Waals surface area contributed by atoms with Crippen LogP contribution in [0.2, 0.25) is 5.02 Å². The summed E-state index contributed by atoms with van der Waals surface area (Å²) in [6.07, 6.45) is 3.26. The van der Waals surface area contributed by atoms with E-state index in [-0.39, 0.29) is 23.0 Å². The minimum atomic E-state index is -0.367. The maximum Gasteiger partial charge on any atom is 0.141 e. The van der Waals surface area contributed by atoms with E-state index < -0.39 is 0 Å². The lowest BCUT2D eigenvalue weighted by molar-refractivity contribution is 0.0808. The van der Waals surface area contributed by atoms with Gasteiger partial charge in [-0.25, -0.2) is 4.39 Å². The highest BCUT2D eigenvalue weighted by molar-refractivity contribution is 6.30. The predicted molar refractivity (Wildman–Crippen MR) is 66.9 cm³/mol. The zero-order valence-electron chi connectivity index (χ0n) is 9.88. The van der Waals surface area contributed by atoms with Crippen LogP contribution in [0, 0.1) is 5.82 Å². The Morgan fingerprint density at radius 3 is 3.00 bits per heavy atom. The van der Waals surface area contributed by atoms with Crippen LogP contribution in [0.25, 0.3) is 0 Å². The molecular formula is C13H17ClFNO. The van der Waals surface area contributed by atoms with Gasteiger partial charge in [-0.2, -0.15) is 0 Å². The average molecular weight is 258 g/mol. The molecule has 1 aliphatic heterocycles. The monoisotopic (exact) mass is 257 g/mol. The number of ether oxygens (including phenoxy) is 1. The summed E-state index contributed by atoms with van der Waals surface area (Å²) in [6.45, 7) is 0.840. The van der Waals surface area contributed by atoms with Crippen LogP contribution in [-0.2, 0) is 11.2 Å². The summed E-state index contributed by atoms with van der Waals surface area (Å²) < 4.78 is 18.7. The van der Waals surface area contributed by atoms with Gasteiger partial charge in [0.25, 0.3) is 0 Å². The zero-order valence-corrected chi connectivity index (χ0v) is 10.6. The van der Waals surface area contributed by atoms with Gasteiger partial charge < -0.3 is 10.1 Å². The molecule has 0 radical (unpaired) electrons. The smallest absolute Gasteiger partial charge is 0.141 e. The molecule has 1 N–H and O–H groups in total. The summed E-state index contributed by atoms with van der Waals surface area (Å²) in [5, 5.41) is 3.45. The predicted octanol–water partition coefficient (Wildman–Crippen LogP) is 2.79. The maximum atomic E-state index is 13.0. The molecule has 0 spiro atoms. The molecule has 0 aliphatic carbocycles. The number of rotatable bonds is 4. The van der Waals surface area contributed by atoms with Crippen molar-refractivity contribution in [2.75, 3.05) is 13.7 Å². The molecule has 94 valence electrons. The van der Waals surface area contributed by atoms with Crippen LogP contribution in [0.3, 0.4) is 0 Å². The van der Waals surface area contributed by atoms with Crippen LogP contribution in [0.15, 0.2) is 18.2 Å². The standard InChI is InChI=1S/C13H17ClFNO/c1-16-12(13-3-2-6-17-13)8-9-4-5-11(15)10(14)7-9/h4-5,7,12-13,16H,2-3,6,8H2,1H3. The van der Waals surface area contributed by atoms with Crippen LogP contribution in [0.5, 0.6) is 0 Å². The first-order chi connectivity index (χ1) is 8.20. The van der Waals surface area contributed by atoms with Crippen molar-refractivity contribution in [2.45, 2.75) is 31.4 Å². The van der Waals surface area contributed by atoms with Crippen LogP contribution in [-0.4, -0.2) is 25.8 Å². The van der Waals surface area contributed by atoms with Crippen molar-refractivity contribution in [2.24, 2.45) is 0 Å². The second kappa shape index (κ2) is 5.80. The summed E-state index contributed by atoms with van der Waals surface area (Å²) >= 11 is 5.77. The van der Waals surface area contributed by atoms with Crippen molar-refractivity contribution in [1.82, 2.24) is 5.32 Å². The van der Waals surface area contributed by atoms with Crippen molar-refractivity contribution < 1.29 is 9.13 Å². The molecule has 2 atom stereocenters. The average Bonchev–Trinajstić information content (AvgIpc) is 2.84. The first kappa shape index (κ1) is 12.8. The van der Waals surface area contributed by atoms with Crippen LogP contribution in [0.4, 0.5) is 4.39 Å². The molecule has 2 unspecified atom stereocenters. The first-order valence-corrected chi connectivity index (χ1v) is 6.31. The highest BCUT2D eigenvalue weighted by atomic mass is 35.5. The fraction of sp³-hybridized carbons (Fsp3) is 0.538. The van der Waals surface area contributed by atoms with E-state index in [1.807, 2.05) is 7.05 Å². The summed E-state index contributed by atoms with van der Waals surface area (Å²) in [7, 11) is 1.93. The number of likely N-dealkylation sites (N-methyl/N-ethyl adjacent to an activating group) is 1. The highest BCUT2D eigenvalue weighted by Crippen LogP contribution is 2.21. The van der Waals surface area contributed by atoms with Gasteiger partial charge in [-0.1, -0.05) is 17.7 Å². The third kappa shape index (κ3) is 3.18. The molecule has 2 rings (SSSR count). The summed E-state index contributed by atoms with van der Waals surface area (Å²) in [5.74, 6) is -0.367. The molecule has 1 aromatic rings. The first-order valence-electron chi connectivity index (χ1n) is 5.93. The highest BCUT2D eigenvalue weighted by Gasteiger charge is 2.24. The molecule has 17 heavy (non-hydrogen) atoms. The molecule has 4 heteroatoms. The Balaban J connectivity index is 2.04. The van der Waals surface area contributed by atoms with Gasteiger partial charge in [0.05, 0.1) is 11.1 Å². The van der Waals surface area contributed by atoms with Gasteiger partial charge in [-0.15, -0.1) is 0 Å². The molecule has 1 fully saturated rings. The molecule has 0 amide bonds. The summed E-state index contributed by atoms with van der Waals surface area (Å²) in [6, 6.07) is 5.15. The van der Waals surface area contributed by atoms with Crippen LogP contribution >= 0.6 is 11.6 Å². The lowest BCUT2D eigenvalue weighted by Crippen LogP contribution is -2.39. The Hall–Kier alpha value is -0.640. The van der Waals surface area contributed by atoms with E-state index in [0.29, 0.717) is 0 Å². The quantitative estimate of drug-likeness (QED) is 0.896. The minimum Gasteiger partial charge on any atom is -0.377 e. The van der Waals surface area contributed by atoms with E-state index in [9.17, 15) is 4.39 Å². The fourth-order valence-corrected chi connectivity index (χ4v) is 2.46. The van der Waals surface area contributed by atoms with Gasteiger partial charge in [-0.05, 0) is 44.0 Å². The van der Waals surface area contributed by atoms with Gasteiger partial charge in [-0.3, -0.25) is 0 Å². The molecule has 1 aliphatic rings. The number of halogens is 2. The number of hydrogen-bond donors (Lipinski definition) is 1. The number of benzene rings is 1. The molecule has 1 aromatic carbocycles. The van der Waals surface area contributed by atoms with Gasteiger partial charge in [0, 0.05) is 12.6 Å². The minimum absolute atomic E-state index is 0.185. The molecular weight excluding hydrogens is 241 g/mol. The molecule has 2 nitrogen and oxygen atoms in total. The molecule has 0 bridgehead atoms. The van der Waals surface area contributed by atoms with E-state index in [0.717, 1.165) is 31.4 Å². The third-order valence-corrected chi connectivity index (χ3v) is 3.51. The number of nitrogens with one attached hydrogen (secondary N) is 1. The maximum absolute atomic E-state index is 13.0. The second-order valence-electron chi connectivity index (χ2n) is 4.40. The van der Waals surface area contributed by atoms with E-state index >= 15 is 0 Å². The van der Waals surface area contributed by atoms with Crippen molar-refractivity contribution in [3.8, 4) is 0 Å². The van der Waals surface area contributed by atoms with Crippen molar-refractivity contribution >= 4 is 11.6 Å². The van der Waals surface area contributed by atoms with Gasteiger partial charge in [0.2, 0.25) is 0 Å². The van der Waals surface area contributed by atoms with Crippen molar-refractivity contribution in [3.63, 3.8) is 0 Å². The summed E-state index contributed by atoms with van der Waals surface area (Å²) in [5.41, 5.74) is 1.03. The third-order valence-electron chi connectivity index (χ3n) is 3.22. The lowest BCUT2D eigenvalue weighted by atomic mass is 9.99. The van der Waals surface area contributed by atoms with E-state index in [1.54, 1.807) is 12.1 Å². The second-order valence-corrected chi connectivity index (χ2v) is 4.81. The van der Waals surface area contributed by atoms with Crippen molar-refractivity contribution in [1.29, 1.82) is 0 Å². The van der Waals surface area contributed by atoms with Crippen molar-refractivity contribution in [3.05, 3.63) is 34.6 Å². The van der Waals surface area contributed by atoms with E-state index in [4.69, 9.17) is 16.3 Å². The fourth-order valence-electron chi connectivity index (χ4n) is 2.26. The Morgan fingerprint density at radius 1 is 1.59 bits per heavy atom. The van der Waals surface area contributed by atoms with Gasteiger partial charge >= 0.3 is 0 Å². The normalized spacial score (nSPS) is 21.7. The summed E-state index contributed by atoms with van der Waals surface area (Å²) in [4.78, 5) is 0. The Kier molecular flexibility index (Phi) is 4.37. The van der Waals surface area contributed by atoms with Crippen LogP contribution in [0.1, 0.15) is 18.4 Å². The lowest BCUT2D eigenvalue weighted by Gasteiger charge is -2.22. The number of hydrogen-bond acceptors (Lipinski definition) is 2. The van der Waals surface area contributed by atoms with Gasteiger partial charge in [0.1, 0.15) is 5.82 Å². The van der Waals surface area contributed by atoms with Gasteiger partial charge in [0.15, 0.2) is 0 Å². The topological polar surface area (TPSA) is 21.3 Å².